The topological polar surface area (TPSA) is 52.0 Å². The summed E-state index contributed by atoms with van der Waals surface area (Å²) in [4.78, 5) is 0. The van der Waals surface area contributed by atoms with Crippen LogP contribution >= 0.6 is 24.4 Å². The van der Waals surface area contributed by atoms with Gasteiger partial charge < -0.3 is 11.5 Å². The lowest BCUT2D eigenvalue weighted by molar-refractivity contribution is 0.522. The van der Waals surface area contributed by atoms with E-state index in [2.05, 4.69) is 12.6 Å². The molecule has 0 aromatic heterocycles. The van der Waals surface area contributed by atoms with Crippen LogP contribution in [0, 0.1) is 0 Å². The second-order valence-electron chi connectivity index (χ2n) is 2.72. The zero-order valence-corrected chi connectivity index (χ0v) is 9.25. The Hall–Kier alpha value is 0.620. The van der Waals surface area contributed by atoms with Crippen LogP contribution in [0.4, 0.5) is 0 Å². The van der Waals surface area contributed by atoms with E-state index < -0.39 is 0 Å². The van der Waals surface area contributed by atoms with Crippen LogP contribution in [0.1, 0.15) is 19.3 Å². The standard InChI is InChI=1S/C6H13NS.C2H7NS/c7-4-5-8-6-2-1-3-6;3-1-2-4/h6H,1-5,7H2;4H,1-3H2. The maximum atomic E-state index is 5.33. The summed E-state index contributed by atoms with van der Waals surface area (Å²) in [5.41, 5.74) is 10.3. The molecule has 74 valence electrons. The third-order valence-corrected chi connectivity index (χ3v) is 3.33. The summed E-state index contributed by atoms with van der Waals surface area (Å²) in [5, 5.41) is 0.971. The third kappa shape index (κ3) is 7.28. The highest BCUT2D eigenvalue weighted by Gasteiger charge is 2.16. The molecule has 0 bridgehead atoms. The fraction of sp³-hybridized carbons (Fsp3) is 1.00. The summed E-state index contributed by atoms with van der Waals surface area (Å²) in [5.74, 6) is 1.95. The maximum absolute atomic E-state index is 5.33. The summed E-state index contributed by atoms with van der Waals surface area (Å²) < 4.78 is 0. The Morgan fingerprint density at radius 1 is 1.25 bits per heavy atom. The second kappa shape index (κ2) is 9.71. The van der Waals surface area contributed by atoms with Crippen molar-refractivity contribution in [3.63, 3.8) is 0 Å². The largest absolute Gasteiger partial charge is 0.330 e. The van der Waals surface area contributed by atoms with Crippen molar-refractivity contribution in [2.45, 2.75) is 24.5 Å². The van der Waals surface area contributed by atoms with Crippen molar-refractivity contribution in [1.29, 1.82) is 0 Å². The number of hydrogen-bond acceptors (Lipinski definition) is 4. The third-order valence-electron chi connectivity index (χ3n) is 1.65. The van der Waals surface area contributed by atoms with Crippen molar-refractivity contribution in [3.05, 3.63) is 0 Å². The van der Waals surface area contributed by atoms with Crippen LogP contribution in [-0.4, -0.2) is 29.8 Å². The fourth-order valence-corrected chi connectivity index (χ4v) is 1.91. The molecule has 0 unspecified atom stereocenters. The Labute approximate surface area is 85.3 Å². The highest BCUT2D eigenvalue weighted by Crippen LogP contribution is 2.30. The molecule has 0 radical (unpaired) electrons. The van der Waals surface area contributed by atoms with Gasteiger partial charge >= 0.3 is 0 Å². The lowest BCUT2D eigenvalue weighted by Gasteiger charge is -2.23. The van der Waals surface area contributed by atoms with E-state index in [1.807, 2.05) is 11.8 Å². The minimum absolute atomic E-state index is 0.684. The molecular weight excluding hydrogens is 188 g/mol. The molecule has 0 amide bonds. The SMILES string of the molecule is NCCS.NCCSC1CCC1. The van der Waals surface area contributed by atoms with Gasteiger partial charge in [-0.1, -0.05) is 6.42 Å². The van der Waals surface area contributed by atoms with E-state index in [1.165, 1.54) is 19.3 Å². The minimum atomic E-state index is 0.684. The maximum Gasteiger partial charge on any atom is 0.00586 e. The fourth-order valence-electron chi connectivity index (χ4n) is 0.772. The molecular formula is C8H20N2S2. The normalized spacial score (nSPS) is 16.2. The number of hydrogen-bond donors (Lipinski definition) is 3. The number of nitrogens with two attached hydrogens (primary N) is 2. The minimum Gasteiger partial charge on any atom is -0.330 e. The van der Waals surface area contributed by atoms with E-state index >= 15 is 0 Å². The Kier molecular flexibility index (Phi) is 10.2. The van der Waals surface area contributed by atoms with Gasteiger partial charge in [0.15, 0.2) is 0 Å². The lowest BCUT2D eigenvalue weighted by Crippen LogP contribution is -2.15. The molecule has 0 atom stereocenters. The van der Waals surface area contributed by atoms with E-state index in [1.54, 1.807) is 0 Å². The van der Waals surface area contributed by atoms with Gasteiger partial charge in [0.05, 0.1) is 0 Å². The molecule has 0 spiro atoms. The molecule has 4 N–H and O–H groups in total. The molecule has 1 fully saturated rings. The van der Waals surface area contributed by atoms with Crippen LogP contribution < -0.4 is 11.5 Å². The average Bonchev–Trinajstić information content (AvgIpc) is 2.03. The number of thiol groups is 1. The number of thioether (sulfide) groups is 1. The van der Waals surface area contributed by atoms with Gasteiger partial charge in [-0.05, 0) is 12.8 Å². The molecule has 1 rings (SSSR count). The lowest BCUT2D eigenvalue weighted by atomic mass is 10.0. The van der Waals surface area contributed by atoms with Crippen LogP contribution in [0.25, 0.3) is 0 Å². The molecule has 4 heteroatoms. The van der Waals surface area contributed by atoms with Gasteiger partial charge in [-0.3, -0.25) is 0 Å². The van der Waals surface area contributed by atoms with Crippen LogP contribution in [0.2, 0.25) is 0 Å². The molecule has 0 aromatic carbocycles. The Balaban J connectivity index is 0.000000261. The predicted molar refractivity (Wildman–Crippen MR) is 62.1 cm³/mol. The first-order chi connectivity index (χ1) is 5.85. The number of rotatable bonds is 4. The molecule has 0 saturated heterocycles. The van der Waals surface area contributed by atoms with Gasteiger partial charge in [0, 0.05) is 29.8 Å². The Morgan fingerprint density at radius 2 is 1.83 bits per heavy atom. The first kappa shape index (κ1) is 12.6. The van der Waals surface area contributed by atoms with Crippen molar-refractivity contribution < 1.29 is 0 Å². The predicted octanol–water partition coefficient (Wildman–Crippen LogP) is 1.11. The molecule has 0 aliphatic heterocycles. The van der Waals surface area contributed by atoms with E-state index in [9.17, 15) is 0 Å². The van der Waals surface area contributed by atoms with E-state index in [0.717, 1.165) is 23.3 Å². The Morgan fingerprint density at radius 3 is 2.08 bits per heavy atom. The van der Waals surface area contributed by atoms with Crippen molar-refractivity contribution >= 4 is 24.4 Å². The second-order valence-corrected chi connectivity index (χ2v) is 4.58. The molecule has 2 nitrogen and oxygen atoms in total. The van der Waals surface area contributed by atoms with Crippen LogP contribution in [0.5, 0.6) is 0 Å². The highest BCUT2D eigenvalue weighted by molar-refractivity contribution is 7.99. The van der Waals surface area contributed by atoms with Gasteiger partial charge in [0.25, 0.3) is 0 Å². The van der Waals surface area contributed by atoms with Crippen molar-refractivity contribution in [2.24, 2.45) is 11.5 Å². The van der Waals surface area contributed by atoms with Crippen molar-refractivity contribution in [3.8, 4) is 0 Å². The summed E-state index contributed by atoms with van der Waals surface area (Å²) in [6.07, 6.45) is 4.32. The van der Waals surface area contributed by atoms with E-state index in [4.69, 9.17) is 11.5 Å². The van der Waals surface area contributed by atoms with Gasteiger partial charge in [0.2, 0.25) is 0 Å². The average molecular weight is 208 g/mol. The van der Waals surface area contributed by atoms with Gasteiger partial charge in [-0.2, -0.15) is 24.4 Å². The molecule has 1 saturated carbocycles. The Bertz CT molecular complexity index is 85.1. The van der Waals surface area contributed by atoms with E-state index in [-0.39, 0.29) is 0 Å². The molecule has 0 heterocycles. The highest BCUT2D eigenvalue weighted by atomic mass is 32.2. The summed E-state index contributed by atoms with van der Waals surface area (Å²) in [6, 6.07) is 0. The summed E-state index contributed by atoms with van der Waals surface area (Å²) >= 11 is 5.83. The van der Waals surface area contributed by atoms with E-state index in [0.29, 0.717) is 6.54 Å². The van der Waals surface area contributed by atoms with Crippen LogP contribution in [0.3, 0.4) is 0 Å². The van der Waals surface area contributed by atoms with Crippen LogP contribution in [0.15, 0.2) is 0 Å². The first-order valence-corrected chi connectivity index (χ1v) is 6.15. The summed E-state index contributed by atoms with van der Waals surface area (Å²) in [6.45, 7) is 1.53. The monoisotopic (exact) mass is 208 g/mol. The zero-order chi connectivity index (χ0) is 9.23. The van der Waals surface area contributed by atoms with Crippen molar-refractivity contribution in [1.82, 2.24) is 0 Å². The first-order valence-electron chi connectivity index (χ1n) is 4.47. The quantitative estimate of drug-likeness (QED) is 0.607. The molecule has 0 aromatic rings. The molecule has 12 heavy (non-hydrogen) atoms. The summed E-state index contributed by atoms with van der Waals surface area (Å²) in [7, 11) is 0. The van der Waals surface area contributed by atoms with Gasteiger partial charge in [0.1, 0.15) is 0 Å². The van der Waals surface area contributed by atoms with Crippen LogP contribution in [-0.2, 0) is 0 Å². The van der Waals surface area contributed by atoms with Gasteiger partial charge in [-0.25, -0.2) is 0 Å². The van der Waals surface area contributed by atoms with Crippen molar-refractivity contribution in [2.75, 3.05) is 24.6 Å². The van der Waals surface area contributed by atoms with Gasteiger partial charge in [-0.15, -0.1) is 0 Å². The molecule has 1 aliphatic carbocycles. The molecule has 1 aliphatic rings. The zero-order valence-electron chi connectivity index (χ0n) is 7.54. The smallest absolute Gasteiger partial charge is 0.00586 e.